The van der Waals surface area contributed by atoms with Gasteiger partial charge in [0.05, 0.1) is 13.7 Å². The van der Waals surface area contributed by atoms with Gasteiger partial charge in [-0.3, -0.25) is 0 Å². The number of methoxy groups -OCH3 is 1. The quantitative estimate of drug-likeness (QED) is 0.875. The monoisotopic (exact) mass is 274 g/mol. The summed E-state index contributed by atoms with van der Waals surface area (Å²) in [6.07, 6.45) is 1.69. The minimum Gasteiger partial charge on any atom is -0.493 e. The average Bonchev–Trinajstić information content (AvgIpc) is 2.48. The fourth-order valence-electron chi connectivity index (χ4n) is 1.73. The first-order valence-corrected chi connectivity index (χ1v) is 6.31. The zero-order valence-corrected chi connectivity index (χ0v) is 11.5. The number of aromatic nitrogens is 1. The van der Waals surface area contributed by atoms with Crippen molar-refractivity contribution in [2.24, 2.45) is 5.73 Å². The van der Waals surface area contributed by atoms with E-state index in [1.807, 2.05) is 13.0 Å². The second-order valence-corrected chi connectivity index (χ2v) is 4.46. The summed E-state index contributed by atoms with van der Waals surface area (Å²) in [5, 5.41) is 9.10. The smallest absolute Gasteiger partial charge is 0.219 e. The Hall–Kier alpha value is -2.11. The fraction of sp³-hybridized carbons (Fsp3) is 0.267. The molecule has 0 radical (unpaired) electrons. The number of aliphatic hydroxyl groups excluding tert-OH is 1. The van der Waals surface area contributed by atoms with Gasteiger partial charge in [-0.05, 0) is 30.2 Å². The molecule has 1 aromatic carbocycles. The molecule has 1 aromatic heterocycles. The molecular weight excluding hydrogens is 256 g/mol. The lowest BCUT2D eigenvalue weighted by Gasteiger charge is -2.11. The molecule has 0 bridgehead atoms. The van der Waals surface area contributed by atoms with Crippen LogP contribution >= 0.6 is 0 Å². The van der Waals surface area contributed by atoms with Gasteiger partial charge in [-0.1, -0.05) is 12.1 Å². The lowest BCUT2D eigenvalue weighted by Crippen LogP contribution is -2.05. The van der Waals surface area contributed by atoms with Crippen LogP contribution in [0.2, 0.25) is 0 Å². The van der Waals surface area contributed by atoms with Gasteiger partial charge >= 0.3 is 0 Å². The van der Waals surface area contributed by atoms with Crippen molar-refractivity contribution in [3.8, 4) is 17.4 Å². The summed E-state index contributed by atoms with van der Waals surface area (Å²) in [5.41, 5.74) is 7.47. The Bertz CT molecular complexity index is 568. The van der Waals surface area contributed by atoms with E-state index in [0.29, 0.717) is 17.4 Å². The zero-order chi connectivity index (χ0) is 14.5. The molecular formula is C15H18N2O3. The van der Waals surface area contributed by atoms with E-state index < -0.39 is 0 Å². The summed E-state index contributed by atoms with van der Waals surface area (Å²) in [5.74, 6) is 1.56. The highest BCUT2D eigenvalue weighted by Gasteiger charge is 2.08. The molecule has 0 aliphatic rings. The predicted molar refractivity (Wildman–Crippen MR) is 75.8 cm³/mol. The van der Waals surface area contributed by atoms with Gasteiger partial charge in [-0.25, -0.2) is 4.98 Å². The highest BCUT2D eigenvalue weighted by Crippen LogP contribution is 2.31. The zero-order valence-electron chi connectivity index (χ0n) is 11.5. The fourth-order valence-corrected chi connectivity index (χ4v) is 1.73. The van der Waals surface area contributed by atoms with Crippen LogP contribution in [0.5, 0.6) is 17.4 Å². The first kappa shape index (κ1) is 14.3. The molecule has 0 spiro atoms. The number of pyridine rings is 1. The number of nitrogens with two attached hydrogens (primary N) is 1. The molecule has 0 unspecified atom stereocenters. The molecule has 1 atom stereocenters. The maximum absolute atomic E-state index is 9.10. The molecule has 2 rings (SSSR count). The molecule has 0 aliphatic carbocycles. The van der Waals surface area contributed by atoms with Crippen LogP contribution in [0.3, 0.4) is 0 Å². The maximum Gasteiger partial charge on any atom is 0.219 e. The van der Waals surface area contributed by atoms with Crippen molar-refractivity contribution < 1.29 is 14.6 Å². The van der Waals surface area contributed by atoms with E-state index in [-0.39, 0.29) is 12.6 Å². The van der Waals surface area contributed by atoms with E-state index in [1.165, 1.54) is 0 Å². The molecule has 0 saturated carbocycles. The van der Waals surface area contributed by atoms with Crippen LogP contribution in [-0.2, 0) is 6.61 Å². The minimum atomic E-state index is -0.0603. The van der Waals surface area contributed by atoms with Crippen LogP contribution in [0, 0.1) is 0 Å². The van der Waals surface area contributed by atoms with E-state index in [4.69, 9.17) is 20.3 Å². The topological polar surface area (TPSA) is 77.6 Å². The van der Waals surface area contributed by atoms with Gasteiger partial charge in [0.1, 0.15) is 0 Å². The van der Waals surface area contributed by atoms with E-state index in [2.05, 4.69) is 4.98 Å². The largest absolute Gasteiger partial charge is 0.493 e. The molecule has 1 heterocycles. The van der Waals surface area contributed by atoms with Crippen molar-refractivity contribution >= 4 is 0 Å². The Balaban J connectivity index is 2.20. The number of nitrogens with zero attached hydrogens (tertiary/aromatic N) is 1. The first-order valence-electron chi connectivity index (χ1n) is 6.31. The van der Waals surface area contributed by atoms with Crippen molar-refractivity contribution in [1.82, 2.24) is 4.98 Å². The van der Waals surface area contributed by atoms with E-state index in [1.54, 1.807) is 37.6 Å². The summed E-state index contributed by atoms with van der Waals surface area (Å²) in [7, 11) is 1.55. The van der Waals surface area contributed by atoms with Crippen molar-refractivity contribution in [1.29, 1.82) is 0 Å². The van der Waals surface area contributed by atoms with Crippen molar-refractivity contribution in [2.45, 2.75) is 19.6 Å². The van der Waals surface area contributed by atoms with E-state index in [0.717, 1.165) is 11.1 Å². The summed E-state index contributed by atoms with van der Waals surface area (Å²) in [4.78, 5) is 4.21. The van der Waals surface area contributed by atoms with Gasteiger partial charge < -0.3 is 20.3 Å². The maximum atomic E-state index is 9.10. The average molecular weight is 274 g/mol. The Kier molecular flexibility index (Phi) is 4.55. The highest BCUT2D eigenvalue weighted by molar-refractivity contribution is 5.44. The van der Waals surface area contributed by atoms with Crippen LogP contribution in [0.25, 0.3) is 0 Å². The van der Waals surface area contributed by atoms with Gasteiger partial charge in [-0.15, -0.1) is 0 Å². The van der Waals surface area contributed by atoms with Crippen molar-refractivity contribution in [3.05, 3.63) is 47.7 Å². The van der Waals surface area contributed by atoms with Gasteiger partial charge in [-0.2, -0.15) is 0 Å². The number of aliphatic hydroxyl groups is 1. The Morgan fingerprint density at radius 1 is 1.25 bits per heavy atom. The number of hydrogen-bond acceptors (Lipinski definition) is 5. The second-order valence-electron chi connectivity index (χ2n) is 4.46. The summed E-state index contributed by atoms with van der Waals surface area (Å²) in [6, 6.07) is 8.82. The number of rotatable bonds is 5. The Morgan fingerprint density at radius 3 is 2.60 bits per heavy atom. The van der Waals surface area contributed by atoms with Crippen LogP contribution in [0.1, 0.15) is 24.1 Å². The SMILES string of the molecule is COc1cc(CO)ccc1Oc1ccc([C@@H](C)N)cn1. The summed E-state index contributed by atoms with van der Waals surface area (Å²) in [6.45, 7) is 1.85. The normalized spacial score (nSPS) is 12.0. The van der Waals surface area contributed by atoms with Crippen molar-refractivity contribution in [3.63, 3.8) is 0 Å². The highest BCUT2D eigenvalue weighted by atomic mass is 16.5. The molecule has 0 aliphatic heterocycles. The third kappa shape index (κ3) is 3.26. The van der Waals surface area contributed by atoms with E-state index in [9.17, 15) is 0 Å². The van der Waals surface area contributed by atoms with Gasteiger partial charge in [0.15, 0.2) is 11.5 Å². The molecule has 20 heavy (non-hydrogen) atoms. The van der Waals surface area contributed by atoms with Crippen molar-refractivity contribution in [2.75, 3.05) is 7.11 Å². The van der Waals surface area contributed by atoms with E-state index >= 15 is 0 Å². The third-order valence-corrected chi connectivity index (χ3v) is 2.91. The number of ether oxygens (including phenoxy) is 2. The van der Waals surface area contributed by atoms with Crippen LogP contribution in [0.15, 0.2) is 36.5 Å². The molecule has 0 saturated heterocycles. The predicted octanol–water partition coefficient (Wildman–Crippen LogP) is 2.39. The third-order valence-electron chi connectivity index (χ3n) is 2.91. The molecule has 0 amide bonds. The summed E-state index contributed by atoms with van der Waals surface area (Å²) < 4.78 is 10.9. The number of benzene rings is 1. The molecule has 5 heteroatoms. The van der Waals surface area contributed by atoms with Crippen LogP contribution in [0.4, 0.5) is 0 Å². The van der Waals surface area contributed by atoms with Gasteiger partial charge in [0, 0.05) is 18.3 Å². The summed E-state index contributed by atoms with van der Waals surface area (Å²) >= 11 is 0. The van der Waals surface area contributed by atoms with Crippen LogP contribution < -0.4 is 15.2 Å². The molecule has 5 nitrogen and oxygen atoms in total. The molecule has 106 valence electrons. The molecule has 3 N–H and O–H groups in total. The Labute approximate surface area is 118 Å². The minimum absolute atomic E-state index is 0.0437. The first-order chi connectivity index (χ1) is 9.63. The van der Waals surface area contributed by atoms with Gasteiger partial charge in [0.25, 0.3) is 0 Å². The molecule has 0 fully saturated rings. The standard InChI is InChI=1S/C15H18N2O3/c1-10(16)12-4-6-15(17-8-12)20-13-5-3-11(9-18)7-14(13)19-2/h3-8,10,18H,9,16H2,1-2H3/t10-/m1/s1. The van der Waals surface area contributed by atoms with Gasteiger partial charge in [0.2, 0.25) is 5.88 Å². The lowest BCUT2D eigenvalue weighted by atomic mass is 10.2. The van der Waals surface area contributed by atoms with Crippen LogP contribution in [-0.4, -0.2) is 17.2 Å². The molecule has 2 aromatic rings. The Morgan fingerprint density at radius 2 is 2.05 bits per heavy atom. The second kappa shape index (κ2) is 6.36. The number of hydrogen-bond donors (Lipinski definition) is 2. The lowest BCUT2D eigenvalue weighted by molar-refractivity contribution is 0.280.